The van der Waals surface area contributed by atoms with E-state index in [0.717, 1.165) is 5.56 Å². The van der Waals surface area contributed by atoms with Crippen molar-refractivity contribution >= 4 is 29.3 Å². The normalized spacial score (nSPS) is 16.9. The highest BCUT2D eigenvalue weighted by Crippen LogP contribution is 2.25. The Morgan fingerprint density at radius 1 is 1.17 bits per heavy atom. The number of hydrogen-bond donors (Lipinski definition) is 3. The molecule has 198 valence electrons. The first kappa shape index (κ1) is 28.9. The van der Waals surface area contributed by atoms with Crippen LogP contribution in [0.1, 0.15) is 51.5 Å². The van der Waals surface area contributed by atoms with Crippen LogP contribution in [0.3, 0.4) is 0 Å². The maximum Gasteiger partial charge on any atom is 0.246 e. The summed E-state index contributed by atoms with van der Waals surface area (Å²) < 4.78 is 13.1. The second-order valence-corrected chi connectivity index (χ2v) is 9.56. The predicted octanol–water partition coefficient (Wildman–Crippen LogP) is 1.53. The Morgan fingerprint density at radius 2 is 1.86 bits per heavy atom. The first-order valence-electron chi connectivity index (χ1n) is 12.4. The van der Waals surface area contributed by atoms with Crippen molar-refractivity contribution in [3.63, 3.8) is 0 Å². The largest absolute Gasteiger partial charge is 0.370 e. The molecular weight excluding hydrogens is 465 g/mol. The second kappa shape index (κ2) is 14.3. The number of aliphatic imine (C=N–C) groups is 1. The van der Waals surface area contributed by atoms with Gasteiger partial charge in [-0.3, -0.25) is 24.2 Å². The van der Waals surface area contributed by atoms with Gasteiger partial charge in [-0.15, -0.1) is 0 Å². The van der Waals surface area contributed by atoms with Crippen molar-refractivity contribution in [1.29, 1.82) is 0 Å². The van der Waals surface area contributed by atoms with Crippen molar-refractivity contribution in [3.05, 3.63) is 35.9 Å². The molecule has 3 atom stereocenters. The molecule has 0 unspecified atom stereocenters. The fourth-order valence-corrected chi connectivity index (χ4v) is 4.47. The van der Waals surface area contributed by atoms with E-state index in [4.69, 9.17) is 11.5 Å². The topological polar surface area (TPSA) is 148 Å². The van der Waals surface area contributed by atoms with Gasteiger partial charge in [-0.05, 0) is 37.2 Å². The fraction of sp³-hybridized carbons (Fsp3) is 0.577. The molecule has 9 nitrogen and oxygen atoms in total. The van der Waals surface area contributed by atoms with E-state index in [1.807, 2.05) is 44.2 Å². The standard InChI is InChI=1S/C26H38FN5O4/c1-17(2)24(31-23(35)14-18-8-4-3-5-9-18)25(36)32-13-7-11-20(32)21(33)15-19(22(34)16-27)10-6-12-30-26(28)29/h3-5,8-9,17,19-20,24H,6-7,10-16H2,1-2H3,(H,31,35)(H4,28,29,30)/t19-,20+,24+/m1/s1. The molecule has 1 saturated heterocycles. The zero-order valence-corrected chi connectivity index (χ0v) is 21.1. The number of halogens is 1. The van der Waals surface area contributed by atoms with Crippen molar-refractivity contribution in [2.45, 2.75) is 64.5 Å². The Morgan fingerprint density at radius 3 is 2.47 bits per heavy atom. The van der Waals surface area contributed by atoms with E-state index < -0.39 is 30.5 Å². The van der Waals surface area contributed by atoms with Gasteiger partial charge < -0.3 is 21.7 Å². The summed E-state index contributed by atoms with van der Waals surface area (Å²) in [4.78, 5) is 56.7. The van der Waals surface area contributed by atoms with Gasteiger partial charge in [0.25, 0.3) is 0 Å². The summed E-state index contributed by atoms with van der Waals surface area (Å²) in [6.07, 6.45) is 1.81. The lowest BCUT2D eigenvalue weighted by Crippen LogP contribution is -2.54. The van der Waals surface area contributed by atoms with Gasteiger partial charge in [0.05, 0.1) is 12.5 Å². The minimum Gasteiger partial charge on any atom is -0.370 e. The maximum absolute atomic E-state index is 13.4. The number of nitrogens with two attached hydrogens (primary N) is 2. The van der Waals surface area contributed by atoms with Crippen LogP contribution in [0.4, 0.5) is 4.39 Å². The third kappa shape index (κ3) is 8.73. The number of guanidine groups is 1. The zero-order valence-electron chi connectivity index (χ0n) is 21.1. The molecule has 2 amide bonds. The number of ketones is 2. The molecule has 0 aliphatic carbocycles. The highest BCUT2D eigenvalue weighted by molar-refractivity contribution is 5.95. The molecule has 1 aliphatic heterocycles. The van der Waals surface area contributed by atoms with Gasteiger partial charge in [-0.25, -0.2) is 4.39 Å². The van der Waals surface area contributed by atoms with E-state index in [1.54, 1.807) is 0 Å². The summed E-state index contributed by atoms with van der Waals surface area (Å²) >= 11 is 0. The predicted molar refractivity (Wildman–Crippen MR) is 136 cm³/mol. The lowest BCUT2D eigenvalue weighted by molar-refractivity contribution is -0.142. The number of hydrogen-bond acceptors (Lipinski definition) is 5. The maximum atomic E-state index is 13.4. The third-order valence-corrected chi connectivity index (χ3v) is 6.40. The first-order chi connectivity index (χ1) is 17.1. The van der Waals surface area contributed by atoms with E-state index in [2.05, 4.69) is 10.3 Å². The average Bonchev–Trinajstić information content (AvgIpc) is 3.34. The lowest BCUT2D eigenvalue weighted by atomic mass is 9.90. The molecule has 0 aromatic heterocycles. The second-order valence-electron chi connectivity index (χ2n) is 9.56. The van der Waals surface area contributed by atoms with Gasteiger partial charge in [-0.2, -0.15) is 0 Å². The van der Waals surface area contributed by atoms with Crippen molar-refractivity contribution < 1.29 is 23.6 Å². The van der Waals surface area contributed by atoms with Crippen molar-refractivity contribution in [2.75, 3.05) is 19.8 Å². The van der Waals surface area contributed by atoms with Gasteiger partial charge in [0.15, 0.2) is 17.5 Å². The van der Waals surface area contributed by atoms with Crippen LogP contribution < -0.4 is 16.8 Å². The number of carbonyl (C=O) groups is 4. The molecule has 0 bridgehead atoms. The molecule has 36 heavy (non-hydrogen) atoms. The van der Waals surface area contributed by atoms with Crippen LogP contribution in [0, 0.1) is 11.8 Å². The number of benzene rings is 1. The zero-order chi connectivity index (χ0) is 26.7. The summed E-state index contributed by atoms with van der Waals surface area (Å²) in [6.45, 7) is 3.19. The minimum atomic E-state index is -1.16. The monoisotopic (exact) mass is 503 g/mol. The molecule has 0 spiro atoms. The van der Waals surface area contributed by atoms with Gasteiger partial charge in [0.1, 0.15) is 12.7 Å². The number of carbonyl (C=O) groups excluding carboxylic acids is 4. The Hall–Kier alpha value is -3.30. The summed E-state index contributed by atoms with van der Waals surface area (Å²) in [5.74, 6) is -2.56. The summed E-state index contributed by atoms with van der Waals surface area (Å²) in [7, 11) is 0. The molecule has 1 aromatic carbocycles. The number of nitrogens with zero attached hydrogens (tertiary/aromatic N) is 2. The fourth-order valence-electron chi connectivity index (χ4n) is 4.47. The Kier molecular flexibility index (Phi) is 11.5. The molecule has 0 saturated carbocycles. The molecule has 5 N–H and O–H groups in total. The minimum absolute atomic E-state index is 0.0740. The molecule has 1 fully saturated rings. The van der Waals surface area contributed by atoms with Gasteiger partial charge in [0.2, 0.25) is 11.8 Å². The van der Waals surface area contributed by atoms with Gasteiger partial charge in [0, 0.05) is 25.4 Å². The summed E-state index contributed by atoms with van der Waals surface area (Å²) in [6, 6.07) is 7.75. The summed E-state index contributed by atoms with van der Waals surface area (Å²) in [5, 5.41) is 2.83. The molecular formula is C26H38FN5O4. The van der Waals surface area contributed by atoms with Crippen LogP contribution in [-0.4, -0.2) is 66.1 Å². The summed E-state index contributed by atoms with van der Waals surface area (Å²) in [5.41, 5.74) is 11.4. The van der Waals surface area contributed by atoms with E-state index in [0.29, 0.717) is 25.8 Å². The van der Waals surface area contributed by atoms with Crippen LogP contribution in [0.15, 0.2) is 35.3 Å². The number of nitrogens with one attached hydrogen (secondary N) is 1. The van der Waals surface area contributed by atoms with E-state index >= 15 is 0 Å². The smallest absolute Gasteiger partial charge is 0.246 e. The molecule has 0 radical (unpaired) electrons. The Labute approximate surface area is 211 Å². The van der Waals surface area contributed by atoms with Gasteiger partial charge >= 0.3 is 0 Å². The Bertz CT molecular complexity index is 934. The van der Waals surface area contributed by atoms with E-state index in [-0.39, 0.29) is 55.3 Å². The number of rotatable bonds is 14. The van der Waals surface area contributed by atoms with Crippen LogP contribution in [0.2, 0.25) is 0 Å². The van der Waals surface area contributed by atoms with Crippen molar-refractivity contribution in [1.82, 2.24) is 10.2 Å². The Balaban J connectivity index is 2.05. The van der Waals surface area contributed by atoms with Crippen LogP contribution in [0.25, 0.3) is 0 Å². The number of Topliss-reactive ketones (excluding diaryl/α,β-unsaturated/α-hetero) is 2. The van der Waals surface area contributed by atoms with Crippen LogP contribution >= 0.6 is 0 Å². The molecule has 2 rings (SSSR count). The quantitative estimate of drug-likeness (QED) is 0.199. The highest BCUT2D eigenvalue weighted by atomic mass is 19.1. The van der Waals surface area contributed by atoms with E-state index in [1.165, 1.54) is 4.90 Å². The first-order valence-corrected chi connectivity index (χ1v) is 12.4. The lowest BCUT2D eigenvalue weighted by Gasteiger charge is -2.31. The van der Waals surface area contributed by atoms with E-state index in [9.17, 15) is 23.6 Å². The number of likely N-dealkylation sites (tertiary alicyclic amines) is 1. The molecule has 10 heteroatoms. The van der Waals surface area contributed by atoms with Gasteiger partial charge in [-0.1, -0.05) is 44.2 Å². The SMILES string of the molecule is CC(C)[C@H](NC(=O)Cc1ccccc1)C(=O)N1CCC[C@H]1C(=O)C[C@@H](CCCN=C(N)N)C(=O)CF. The average molecular weight is 504 g/mol. The highest BCUT2D eigenvalue weighted by Gasteiger charge is 2.39. The third-order valence-electron chi connectivity index (χ3n) is 6.40. The molecule has 1 aliphatic rings. The number of alkyl halides is 1. The van der Waals surface area contributed by atoms with Crippen LogP contribution in [-0.2, 0) is 25.6 Å². The molecule has 1 heterocycles. The number of amides is 2. The van der Waals surface area contributed by atoms with Crippen molar-refractivity contribution in [2.24, 2.45) is 28.3 Å². The van der Waals surface area contributed by atoms with Crippen LogP contribution in [0.5, 0.6) is 0 Å². The van der Waals surface area contributed by atoms with Crippen molar-refractivity contribution in [3.8, 4) is 0 Å². The molecule has 1 aromatic rings.